The predicted octanol–water partition coefficient (Wildman–Crippen LogP) is 4.53. The van der Waals surface area contributed by atoms with Gasteiger partial charge in [-0.2, -0.15) is 0 Å². The molecule has 0 aromatic heterocycles. The van der Waals surface area contributed by atoms with E-state index in [4.69, 9.17) is 0 Å². The van der Waals surface area contributed by atoms with Crippen LogP contribution >= 0.6 is 11.8 Å². The molecule has 0 N–H and O–H groups in total. The number of para-hydroxylation sites is 1. The third-order valence-corrected chi connectivity index (χ3v) is 4.20. The van der Waals surface area contributed by atoms with Gasteiger partial charge in [0.25, 0.3) is 0 Å². The van der Waals surface area contributed by atoms with E-state index in [-0.39, 0.29) is 11.9 Å². The highest BCUT2D eigenvalue weighted by Crippen LogP contribution is 2.22. The molecular weight excluding hydrogens is 278 g/mol. The summed E-state index contributed by atoms with van der Waals surface area (Å²) >= 11 is 1.59. The summed E-state index contributed by atoms with van der Waals surface area (Å²) in [6.07, 6.45) is 0. The molecule has 0 unspecified atom stereocenters. The summed E-state index contributed by atoms with van der Waals surface area (Å²) in [6, 6.07) is 18.3. The lowest BCUT2D eigenvalue weighted by Crippen LogP contribution is -2.38. The molecule has 0 radical (unpaired) electrons. The summed E-state index contributed by atoms with van der Waals surface area (Å²) < 4.78 is 0. The summed E-state index contributed by atoms with van der Waals surface area (Å²) in [6.45, 7) is 6.15. The van der Waals surface area contributed by atoms with Crippen LogP contribution in [0.15, 0.2) is 59.5 Å². The molecule has 0 bridgehead atoms. The molecule has 2 nitrogen and oxygen atoms in total. The van der Waals surface area contributed by atoms with Gasteiger partial charge in [-0.15, -0.1) is 11.8 Å². The number of hydrogen-bond acceptors (Lipinski definition) is 2. The zero-order valence-corrected chi connectivity index (χ0v) is 13.6. The van der Waals surface area contributed by atoms with Crippen molar-refractivity contribution in [3.63, 3.8) is 0 Å². The van der Waals surface area contributed by atoms with Crippen LogP contribution in [-0.2, 0) is 4.79 Å². The molecule has 0 saturated carbocycles. The summed E-state index contributed by atoms with van der Waals surface area (Å²) in [5.74, 6) is 0.595. The highest BCUT2D eigenvalue weighted by atomic mass is 32.2. The Labute approximate surface area is 131 Å². The van der Waals surface area contributed by atoms with Crippen molar-refractivity contribution in [2.24, 2.45) is 0 Å². The predicted molar refractivity (Wildman–Crippen MR) is 91.0 cm³/mol. The van der Waals surface area contributed by atoms with Gasteiger partial charge in [-0.25, -0.2) is 0 Å². The number of rotatable bonds is 5. The van der Waals surface area contributed by atoms with Crippen molar-refractivity contribution in [1.29, 1.82) is 0 Å². The molecule has 0 atom stereocenters. The number of carbonyl (C=O) groups excluding carboxylic acids is 1. The molecule has 0 aliphatic heterocycles. The molecule has 1 amide bonds. The molecule has 0 saturated heterocycles. The summed E-state index contributed by atoms with van der Waals surface area (Å²) in [4.78, 5) is 15.5. The normalized spacial score (nSPS) is 10.7. The van der Waals surface area contributed by atoms with Crippen LogP contribution < -0.4 is 4.90 Å². The Kier molecular flexibility index (Phi) is 5.45. The minimum absolute atomic E-state index is 0.141. The molecule has 2 rings (SSSR count). The number of carbonyl (C=O) groups is 1. The number of aryl methyl sites for hydroxylation is 1. The second kappa shape index (κ2) is 7.32. The Bertz CT molecular complexity index is 578. The van der Waals surface area contributed by atoms with Gasteiger partial charge in [0.1, 0.15) is 0 Å². The largest absolute Gasteiger partial charge is 0.309 e. The van der Waals surface area contributed by atoms with Gasteiger partial charge in [-0.1, -0.05) is 35.9 Å². The Morgan fingerprint density at radius 1 is 1.05 bits per heavy atom. The van der Waals surface area contributed by atoms with Gasteiger partial charge in [0.05, 0.1) is 5.75 Å². The van der Waals surface area contributed by atoms with E-state index in [2.05, 4.69) is 31.2 Å². The van der Waals surface area contributed by atoms with Gasteiger partial charge in [-0.05, 0) is 45.0 Å². The molecule has 3 heteroatoms. The number of nitrogens with zero attached hydrogens (tertiary/aromatic N) is 1. The van der Waals surface area contributed by atoms with E-state index in [0.717, 1.165) is 10.6 Å². The zero-order valence-electron chi connectivity index (χ0n) is 12.7. The fraction of sp³-hybridized carbons (Fsp3) is 0.278. The second-order valence-electron chi connectivity index (χ2n) is 5.29. The summed E-state index contributed by atoms with van der Waals surface area (Å²) in [5.41, 5.74) is 2.20. The molecule has 2 aromatic carbocycles. The van der Waals surface area contributed by atoms with Crippen LogP contribution in [0.2, 0.25) is 0 Å². The first kappa shape index (κ1) is 15.6. The molecule has 110 valence electrons. The molecule has 0 fully saturated rings. The fourth-order valence-corrected chi connectivity index (χ4v) is 2.93. The Morgan fingerprint density at radius 3 is 2.24 bits per heavy atom. The van der Waals surface area contributed by atoms with Crippen molar-refractivity contribution in [3.05, 3.63) is 60.2 Å². The average Bonchev–Trinajstić information content (AvgIpc) is 2.47. The highest BCUT2D eigenvalue weighted by Gasteiger charge is 2.18. The van der Waals surface area contributed by atoms with Crippen LogP contribution in [0.3, 0.4) is 0 Å². The number of anilines is 1. The first-order valence-electron chi connectivity index (χ1n) is 7.14. The van der Waals surface area contributed by atoms with Crippen LogP contribution in [0.25, 0.3) is 0 Å². The van der Waals surface area contributed by atoms with Crippen LogP contribution in [0, 0.1) is 6.92 Å². The maximum Gasteiger partial charge on any atom is 0.237 e. The van der Waals surface area contributed by atoms with E-state index in [1.165, 1.54) is 5.56 Å². The Morgan fingerprint density at radius 2 is 1.67 bits per heavy atom. The van der Waals surface area contributed by atoms with E-state index in [1.54, 1.807) is 11.8 Å². The van der Waals surface area contributed by atoms with Crippen molar-refractivity contribution >= 4 is 23.4 Å². The third kappa shape index (κ3) is 4.36. The van der Waals surface area contributed by atoms with E-state index in [0.29, 0.717) is 5.75 Å². The van der Waals surface area contributed by atoms with E-state index < -0.39 is 0 Å². The zero-order chi connectivity index (χ0) is 15.2. The van der Waals surface area contributed by atoms with E-state index >= 15 is 0 Å². The minimum Gasteiger partial charge on any atom is -0.309 e. The molecule has 21 heavy (non-hydrogen) atoms. The van der Waals surface area contributed by atoms with Gasteiger partial charge in [-0.3, -0.25) is 4.79 Å². The molecule has 0 spiro atoms. The lowest BCUT2D eigenvalue weighted by Gasteiger charge is -2.26. The quantitative estimate of drug-likeness (QED) is 0.756. The third-order valence-electron chi connectivity index (χ3n) is 3.20. The van der Waals surface area contributed by atoms with Crippen LogP contribution in [0.5, 0.6) is 0 Å². The van der Waals surface area contributed by atoms with Crippen LogP contribution in [0.4, 0.5) is 5.69 Å². The maximum atomic E-state index is 12.5. The molecule has 2 aromatic rings. The number of hydrogen-bond donors (Lipinski definition) is 0. The van der Waals surface area contributed by atoms with E-state index in [9.17, 15) is 4.79 Å². The lowest BCUT2D eigenvalue weighted by molar-refractivity contribution is -0.116. The van der Waals surface area contributed by atoms with Gasteiger partial charge in [0.15, 0.2) is 0 Å². The summed E-state index contributed by atoms with van der Waals surface area (Å²) in [7, 11) is 0. The Balaban J connectivity index is 2.04. The monoisotopic (exact) mass is 299 g/mol. The lowest BCUT2D eigenvalue weighted by atomic mass is 10.2. The first-order chi connectivity index (χ1) is 10.1. The van der Waals surface area contributed by atoms with Gasteiger partial charge in [0.2, 0.25) is 5.91 Å². The van der Waals surface area contributed by atoms with Crippen LogP contribution in [-0.4, -0.2) is 17.7 Å². The average molecular weight is 299 g/mol. The first-order valence-corrected chi connectivity index (χ1v) is 8.13. The minimum atomic E-state index is 0.141. The van der Waals surface area contributed by atoms with Gasteiger partial charge >= 0.3 is 0 Å². The second-order valence-corrected chi connectivity index (χ2v) is 6.34. The van der Waals surface area contributed by atoms with Crippen LogP contribution in [0.1, 0.15) is 19.4 Å². The van der Waals surface area contributed by atoms with E-state index in [1.807, 2.05) is 49.1 Å². The fourth-order valence-electron chi connectivity index (χ4n) is 2.17. The highest BCUT2D eigenvalue weighted by molar-refractivity contribution is 8.00. The molecule has 0 aliphatic carbocycles. The SMILES string of the molecule is Cc1ccc(SCC(=O)N(c2ccccc2)C(C)C)cc1. The van der Waals surface area contributed by atoms with Crippen molar-refractivity contribution < 1.29 is 4.79 Å². The topological polar surface area (TPSA) is 20.3 Å². The van der Waals surface area contributed by atoms with Crippen molar-refractivity contribution in [1.82, 2.24) is 0 Å². The molecule has 0 aliphatic rings. The summed E-state index contributed by atoms with van der Waals surface area (Å²) in [5, 5.41) is 0. The maximum absolute atomic E-state index is 12.5. The van der Waals surface area contributed by atoms with Crippen molar-refractivity contribution in [2.45, 2.75) is 31.7 Å². The smallest absolute Gasteiger partial charge is 0.237 e. The molecule has 0 heterocycles. The molecular formula is C18H21NOS. The number of benzene rings is 2. The standard InChI is InChI=1S/C18H21NOS/c1-14(2)19(16-7-5-4-6-8-16)18(20)13-21-17-11-9-15(3)10-12-17/h4-12,14H,13H2,1-3H3. The van der Waals surface area contributed by atoms with Gasteiger partial charge < -0.3 is 4.90 Å². The number of amides is 1. The van der Waals surface area contributed by atoms with Gasteiger partial charge in [0, 0.05) is 16.6 Å². The Hall–Kier alpha value is -1.74. The van der Waals surface area contributed by atoms with Crippen molar-refractivity contribution in [3.8, 4) is 0 Å². The number of thioether (sulfide) groups is 1. The van der Waals surface area contributed by atoms with Crippen molar-refractivity contribution in [2.75, 3.05) is 10.7 Å².